The number of Topliss-reactive ketones (excluding diaryl/α,β-unsaturated/α-hetero) is 1. The number of aliphatic hydroxyl groups excluding tert-OH is 2. The van der Waals surface area contributed by atoms with E-state index in [1.54, 1.807) is 24.3 Å². The lowest BCUT2D eigenvalue weighted by atomic mass is 10.1. The Morgan fingerprint density at radius 3 is 2.32 bits per heavy atom. The van der Waals surface area contributed by atoms with Crippen LogP contribution in [0.4, 0.5) is 5.69 Å². The Labute approximate surface area is 154 Å². The molecule has 2 aromatic carbocycles. The average molecular weight is 366 g/mol. The first-order valence-corrected chi connectivity index (χ1v) is 7.93. The monoisotopic (exact) mass is 365 g/mol. The first-order chi connectivity index (χ1) is 11.6. The van der Waals surface area contributed by atoms with Crippen LogP contribution in [0.1, 0.15) is 17.3 Å². The fourth-order valence-electron chi connectivity index (χ4n) is 2.37. The smallest absolute Gasteiger partial charge is 0.159 e. The largest absolute Gasteiger partial charge is 0.491 e. The summed E-state index contributed by atoms with van der Waals surface area (Å²) in [6.07, 6.45) is -0.704. The molecule has 0 spiro atoms. The summed E-state index contributed by atoms with van der Waals surface area (Å²) in [5, 5.41) is 19.4. The molecule has 0 radical (unpaired) electrons. The number of ketones is 1. The van der Waals surface area contributed by atoms with E-state index < -0.39 is 6.10 Å². The quantitative estimate of drug-likeness (QED) is 0.668. The second-order valence-corrected chi connectivity index (χ2v) is 5.55. The van der Waals surface area contributed by atoms with E-state index in [9.17, 15) is 15.0 Å². The van der Waals surface area contributed by atoms with Crippen molar-refractivity contribution >= 4 is 23.9 Å². The van der Waals surface area contributed by atoms with Crippen molar-refractivity contribution in [2.45, 2.75) is 13.0 Å². The summed E-state index contributed by atoms with van der Waals surface area (Å²) < 4.78 is 5.57. The molecule has 5 nitrogen and oxygen atoms in total. The molecule has 25 heavy (non-hydrogen) atoms. The van der Waals surface area contributed by atoms with Gasteiger partial charge in [-0.25, -0.2) is 0 Å². The van der Waals surface area contributed by atoms with Gasteiger partial charge in [0, 0.05) is 24.3 Å². The molecule has 2 N–H and O–H groups in total. The summed E-state index contributed by atoms with van der Waals surface area (Å²) in [7, 11) is 0. The van der Waals surface area contributed by atoms with E-state index in [1.807, 2.05) is 35.2 Å². The minimum atomic E-state index is -0.704. The highest BCUT2D eigenvalue weighted by molar-refractivity contribution is 5.94. The highest BCUT2D eigenvalue weighted by Gasteiger charge is 2.13. The Morgan fingerprint density at radius 1 is 1.12 bits per heavy atom. The van der Waals surface area contributed by atoms with Crippen LogP contribution >= 0.6 is 12.4 Å². The van der Waals surface area contributed by atoms with Gasteiger partial charge in [0.25, 0.3) is 0 Å². The molecule has 0 aliphatic rings. The number of anilines is 1. The van der Waals surface area contributed by atoms with E-state index >= 15 is 0 Å². The van der Waals surface area contributed by atoms with E-state index in [1.165, 1.54) is 6.92 Å². The van der Waals surface area contributed by atoms with Crippen LogP contribution in [0.25, 0.3) is 0 Å². The molecule has 0 amide bonds. The minimum absolute atomic E-state index is 0. The predicted octanol–water partition coefficient (Wildman–Crippen LogP) is 2.55. The minimum Gasteiger partial charge on any atom is -0.491 e. The van der Waals surface area contributed by atoms with Gasteiger partial charge in [-0.15, -0.1) is 12.4 Å². The van der Waals surface area contributed by atoms with E-state index in [2.05, 4.69) is 0 Å². The lowest BCUT2D eigenvalue weighted by Crippen LogP contribution is -2.37. The molecular weight excluding hydrogens is 342 g/mol. The number of benzene rings is 2. The molecule has 0 saturated carbocycles. The first-order valence-electron chi connectivity index (χ1n) is 7.93. The number of nitrogens with zero attached hydrogens (tertiary/aromatic N) is 1. The average Bonchev–Trinajstić information content (AvgIpc) is 2.60. The molecule has 2 aromatic rings. The van der Waals surface area contributed by atoms with Crippen LogP contribution in [0.2, 0.25) is 0 Å². The Balaban J connectivity index is 0.00000312. The van der Waals surface area contributed by atoms with Gasteiger partial charge >= 0.3 is 0 Å². The van der Waals surface area contributed by atoms with Crippen molar-refractivity contribution in [2.75, 3.05) is 31.2 Å². The van der Waals surface area contributed by atoms with Crippen molar-refractivity contribution in [1.29, 1.82) is 0 Å². The zero-order valence-corrected chi connectivity index (χ0v) is 15.0. The zero-order chi connectivity index (χ0) is 17.4. The third kappa shape index (κ3) is 6.74. The van der Waals surface area contributed by atoms with Gasteiger partial charge in [0.15, 0.2) is 5.78 Å². The van der Waals surface area contributed by atoms with Crippen LogP contribution in [0.5, 0.6) is 5.75 Å². The number of carbonyl (C=O) groups is 1. The number of rotatable bonds is 9. The van der Waals surface area contributed by atoms with Crippen LogP contribution < -0.4 is 9.64 Å². The summed E-state index contributed by atoms with van der Waals surface area (Å²) in [5.74, 6) is 0.608. The summed E-state index contributed by atoms with van der Waals surface area (Å²) in [6.45, 7) is 2.45. The third-order valence-corrected chi connectivity index (χ3v) is 3.63. The molecule has 6 heteroatoms. The molecule has 0 fully saturated rings. The number of carbonyl (C=O) groups excluding carboxylic acids is 1. The molecule has 1 unspecified atom stereocenters. The Bertz CT molecular complexity index is 634. The van der Waals surface area contributed by atoms with Crippen LogP contribution in [0.3, 0.4) is 0 Å². The molecule has 0 aliphatic heterocycles. The van der Waals surface area contributed by atoms with Crippen molar-refractivity contribution < 1.29 is 19.7 Å². The van der Waals surface area contributed by atoms with Crippen molar-refractivity contribution in [3.05, 3.63) is 60.2 Å². The number of aliphatic hydroxyl groups is 2. The van der Waals surface area contributed by atoms with Crippen LogP contribution in [0.15, 0.2) is 54.6 Å². The molecule has 0 aliphatic carbocycles. The maximum atomic E-state index is 11.2. The van der Waals surface area contributed by atoms with Gasteiger partial charge in [0.1, 0.15) is 18.5 Å². The molecule has 136 valence electrons. The Kier molecular flexibility index (Phi) is 8.99. The van der Waals surface area contributed by atoms with Crippen LogP contribution in [-0.2, 0) is 0 Å². The van der Waals surface area contributed by atoms with E-state index in [4.69, 9.17) is 4.74 Å². The number of ether oxygens (including phenoxy) is 1. The number of para-hydroxylation sites is 1. The molecule has 0 aromatic heterocycles. The van der Waals surface area contributed by atoms with E-state index in [0.29, 0.717) is 24.4 Å². The van der Waals surface area contributed by atoms with E-state index in [0.717, 1.165) is 5.69 Å². The van der Waals surface area contributed by atoms with Gasteiger partial charge in [-0.05, 0) is 43.3 Å². The van der Waals surface area contributed by atoms with Crippen molar-refractivity contribution in [3.63, 3.8) is 0 Å². The highest BCUT2D eigenvalue weighted by atomic mass is 35.5. The standard InChI is InChI=1S/C19H23NO4.ClH/c1-15(22)16-7-9-19(10-8-16)24-14-18(23)13-20(11-12-21)17-5-3-2-4-6-17;/h2-10,18,21,23H,11-14H2,1H3;1H. The molecule has 0 bridgehead atoms. The second-order valence-electron chi connectivity index (χ2n) is 5.55. The van der Waals surface area contributed by atoms with Gasteiger partial charge in [0.2, 0.25) is 0 Å². The normalized spacial score (nSPS) is 11.3. The molecule has 0 heterocycles. The second kappa shape index (κ2) is 10.7. The Hall–Kier alpha value is -2.08. The summed E-state index contributed by atoms with van der Waals surface area (Å²) in [5.41, 5.74) is 1.57. The van der Waals surface area contributed by atoms with Crippen molar-refractivity contribution in [1.82, 2.24) is 0 Å². The van der Waals surface area contributed by atoms with Gasteiger partial charge in [-0.2, -0.15) is 0 Å². The molecule has 2 rings (SSSR count). The predicted molar refractivity (Wildman–Crippen MR) is 101 cm³/mol. The van der Waals surface area contributed by atoms with Crippen LogP contribution in [-0.4, -0.2) is 48.4 Å². The van der Waals surface area contributed by atoms with Gasteiger partial charge in [0.05, 0.1) is 6.61 Å². The summed E-state index contributed by atoms with van der Waals surface area (Å²) >= 11 is 0. The zero-order valence-electron chi connectivity index (χ0n) is 14.2. The highest BCUT2D eigenvalue weighted by Crippen LogP contribution is 2.15. The van der Waals surface area contributed by atoms with Gasteiger partial charge in [-0.3, -0.25) is 4.79 Å². The SMILES string of the molecule is CC(=O)c1ccc(OCC(O)CN(CCO)c2ccccc2)cc1.Cl. The Morgan fingerprint density at radius 2 is 1.76 bits per heavy atom. The number of hydrogen-bond acceptors (Lipinski definition) is 5. The van der Waals surface area contributed by atoms with Crippen molar-refractivity contribution in [2.24, 2.45) is 0 Å². The van der Waals surface area contributed by atoms with Gasteiger partial charge in [-0.1, -0.05) is 18.2 Å². The summed E-state index contributed by atoms with van der Waals surface area (Å²) in [4.78, 5) is 13.1. The van der Waals surface area contributed by atoms with Crippen molar-refractivity contribution in [3.8, 4) is 5.75 Å². The van der Waals surface area contributed by atoms with E-state index in [-0.39, 0.29) is 31.4 Å². The summed E-state index contributed by atoms with van der Waals surface area (Å²) in [6, 6.07) is 16.5. The molecular formula is C19H24ClNO4. The number of hydrogen-bond donors (Lipinski definition) is 2. The molecule has 1 atom stereocenters. The third-order valence-electron chi connectivity index (χ3n) is 3.63. The number of halogens is 1. The lowest BCUT2D eigenvalue weighted by molar-refractivity contribution is 0.101. The topological polar surface area (TPSA) is 70.0 Å². The first kappa shape index (κ1) is 21.0. The van der Waals surface area contributed by atoms with Gasteiger partial charge < -0.3 is 19.8 Å². The fraction of sp³-hybridized carbons (Fsp3) is 0.316. The molecule has 0 saturated heterocycles. The lowest BCUT2D eigenvalue weighted by Gasteiger charge is -2.26. The maximum absolute atomic E-state index is 11.2. The fourth-order valence-corrected chi connectivity index (χ4v) is 2.37. The van der Waals surface area contributed by atoms with Crippen LogP contribution in [0, 0.1) is 0 Å². The maximum Gasteiger partial charge on any atom is 0.159 e.